The van der Waals surface area contributed by atoms with Crippen LogP contribution in [-0.4, -0.2) is 13.0 Å². The van der Waals surface area contributed by atoms with Crippen LogP contribution >= 0.6 is 7.37 Å². The quantitative estimate of drug-likeness (QED) is 0.636. The van der Waals surface area contributed by atoms with Crippen molar-refractivity contribution in [3.8, 4) is 0 Å². The van der Waals surface area contributed by atoms with Gasteiger partial charge in [0.2, 0.25) is 0 Å². The maximum atomic E-state index is 13.7. The van der Waals surface area contributed by atoms with Gasteiger partial charge in [0.15, 0.2) is 0 Å². The summed E-state index contributed by atoms with van der Waals surface area (Å²) in [6, 6.07) is 27.1. The molecule has 0 radical (unpaired) electrons. The summed E-state index contributed by atoms with van der Waals surface area (Å²) in [5.41, 5.74) is 1.53. The smallest absolute Gasteiger partial charge is 0.276 e. The average Bonchev–Trinajstić information content (AvgIpc) is 2.74. The Hall–Kier alpha value is -2.94. The van der Waals surface area contributed by atoms with E-state index in [-0.39, 0.29) is 11.3 Å². The van der Waals surface area contributed by atoms with Crippen LogP contribution in [0.3, 0.4) is 0 Å². The summed E-state index contributed by atoms with van der Waals surface area (Å²) in [5.74, 6) is -0.342. The van der Waals surface area contributed by atoms with Crippen LogP contribution in [0.1, 0.15) is 15.9 Å². The van der Waals surface area contributed by atoms with E-state index in [1.807, 2.05) is 42.5 Å². The van der Waals surface area contributed by atoms with E-state index in [0.29, 0.717) is 10.9 Å². The molecule has 1 amide bonds. The Bertz CT molecular complexity index is 970. The van der Waals surface area contributed by atoms with E-state index in [1.165, 1.54) is 7.11 Å². The van der Waals surface area contributed by atoms with Crippen molar-refractivity contribution in [1.29, 1.82) is 0 Å². The van der Waals surface area contributed by atoms with Crippen molar-refractivity contribution in [3.63, 3.8) is 0 Å². The van der Waals surface area contributed by atoms with Crippen LogP contribution in [0.25, 0.3) is 6.08 Å². The Morgan fingerprint density at radius 2 is 1.37 bits per heavy atom. The Kier molecular flexibility index (Phi) is 6.02. The van der Waals surface area contributed by atoms with Crippen molar-refractivity contribution < 1.29 is 13.9 Å². The number of nitrogens with one attached hydrogen (secondary N) is 1. The molecule has 1 unspecified atom stereocenters. The highest BCUT2D eigenvalue weighted by Gasteiger charge is 2.31. The van der Waals surface area contributed by atoms with Crippen molar-refractivity contribution >= 4 is 24.7 Å². The van der Waals surface area contributed by atoms with E-state index < -0.39 is 7.37 Å². The van der Waals surface area contributed by atoms with Crippen molar-refractivity contribution in [1.82, 2.24) is 5.32 Å². The lowest BCUT2D eigenvalue weighted by atomic mass is 10.2. The summed E-state index contributed by atoms with van der Waals surface area (Å²) in [6.45, 7) is 0. The summed E-state index contributed by atoms with van der Waals surface area (Å²) in [5, 5.41) is 3.32. The molecule has 0 saturated carbocycles. The lowest BCUT2D eigenvalue weighted by Gasteiger charge is -2.21. The molecule has 1 N–H and O–H groups in total. The Morgan fingerprint density at radius 1 is 0.852 bits per heavy atom. The zero-order valence-electron chi connectivity index (χ0n) is 14.9. The van der Waals surface area contributed by atoms with Gasteiger partial charge in [-0.1, -0.05) is 66.7 Å². The molecule has 1 atom stereocenters. The van der Waals surface area contributed by atoms with Gasteiger partial charge in [0.05, 0.1) is 0 Å². The molecule has 0 bridgehead atoms. The fraction of sp³-hybridized carbons (Fsp3) is 0.0455. The van der Waals surface area contributed by atoms with E-state index in [9.17, 15) is 9.36 Å². The van der Waals surface area contributed by atoms with Crippen LogP contribution in [0.4, 0.5) is 0 Å². The van der Waals surface area contributed by atoms with E-state index in [1.54, 1.807) is 54.6 Å². The minimum Gasteiger partial charge on any atom is -0.324 e. The van der Waals surface area contributed by atoms with Crippen LogP contribution in [0, 0.1) is 0 Å². The van der Waals surface area contributed by atoms with Gasteiger partial charge in [-0.05, 0) is 35.9 Å². The van der Waals surface area contributed by atoms with E-state index in [2.05, 4.69) is 5.32 Å². The van der Waals surface area contributed by atoms with E-state index in [4.69, 9.17) is 4.52 Å². The van der Waals surface area contributed by atoms with Crippen molar-refractivity contribution in [2.24, 2.45) is 0 Å². The lowest BCUT2D eigenvalue weighted by molar-refractivity contribution is 0.0968. The highest BCUT2D eigenvalue weighted by atomic mass is 31.2. The minimum atomic E-state index is -3.47. The third-order valence-corrected chi connectivity index (χ3v) is 6.42. The zero-order chi connectivity index (χ0) is 19.1. The molecule has 27 heavy (non-hydrogen) atoms. The highest BCUT2D eigenvalue weighted by molar-refractivity contribution is 7.71. The topological polar surface area (TPSA) is 55.4 Å². The number of hydrogen-bond donors (Lipinski definition) is 1. The molecule has 0 aliphatic heterocycles. The van der Waals surface area contributed by atoms with Crippen LogP contribution in [-0.2, 0) is 9.09 Å². The van der Waals surface area contributed by atoms with Gasteiger partial charge in [-0.15, -0.1) is 0 Å². The maximum absolute atomic E-state index is 13.7. The van der Waals surface area contributed by atoms with Gasteiger partial charge in [-0.3, -0.25) is 9.36 Å². The zero-order valence-corrected chi connectivity index (χ0v) is 15.8. The van der Waals surface area contributed by atoms with Crippen LogP contribution < -0.4 is 10.6 Å². The van der Waals surface area contributed by atoms with Gasteiger partial charge >= 0.3 is 0 Å². The fourth-order valence-electron chi connectivity index (χ4n) is 2.65. The van der Waals surface area contributed by atoms with Gasteiger partial charge < -0.3 is 9.84 Å². The SMILES string of the molecule is COP(=O)(/C(=C/c1ccccc1)NC(=O)c1ccccc1)c1ccccc1. The van der Waals surface area contributed by atoms with Gasteiger partial charge in [0.25, 0.3) is 13.3 Å². The molecular formula is C22H20NO3P. The monoisotopic (exact) mass is 377 g/mol. The second-order valence-electron chi connectivity index (χ2n) is 5.83. The average molecular weight is 377 g/mol. The molecule has 3 aromatic carbocycles. The Balaban J connectivity index is 2.06. The number of carbonyl (C=O) groups excluding carboxylic acids is 1. The third kappa shape index (κ3) is 4.43. The molecule has 0 saturated heterocycles. The molecule has 5 heteroatoms. The molecule has 0 heterocycles. The van der Waals surface area contributed by atoms with Crippen molar-refractivity contribution in [2.75, 3.05) is 7.11 Å². The molecule has 136 valence electrons. The number of carbonyl (C=O) groups is 1. The summed E-state index contributed by atoms with van der Waals surface area (Å²) >= 11 is 0. The molecule has 4 nitrogen and oxygen atoms in total. The molecule has 3 rings (SSSR count). The number of amides is 1. The summed E-state index contributed by atoms with van der Waals surface area (Å²) in [4.78, 5) is 12.7. The molecule has 0 aliphatic rings. The molecular weight excluding hydrogens is 357 g/mol. The first-order chi connectivity index (χ1) is 13.1. The summed E-state index contributed by atoms with van der Waals surface area (Å²) in [7, 11) is -2.08. The normalized spacial score (nSPS) is 13.6. The Labute approximate surface area is 159 Å². The lowest BCUT2D eigenvalue weighted by Crippen LogP contribution is -2.25. The minimum absolute atomic E-state index is 0.233. The van der Waals surface area contributed by atoms with Gasteiger partial charge in [0.1, 0.15) is 5.44 Å². The van der Waals surface area contributed by atoms with Crippen molar-refractivity contribution in [3.05, 3.63) is 108 Å². The fourth-order valence-corrected chi connectivity index (χ4v) is 4.46. The number of hydrogen-bond acceptors (Lipinski definition) is 3. The van der Waals surface area contributed by atoms with Gasteiger partial charge in [-0.2, -0.15) is 0 Å². The van der Waals surface area contributed by atoms with Gasteiger partial charge in [0, 0.05) is 18.0 Å². The first-order valence-corrected chi connectivity index (χ1v) is 10.1. The molecule has 0 aliphatic carbocycles. The largest absolute Gasteiger partial charge is 0.324 e. The number of benzene rings is 3. The first kappa shape index (κ1) is 18.8. The maximum Gasteiger partial charge on any atom is 0.276 e. The first-order valence-electron chi connectivity index (χ1n) is 8.48. The second kappa shape index (κ2) is 8.63. The highest BCUT2D eigenvalue weighted by Crippen LogP contribution is 2.52. The standard InChI is InChI=1S/C22H20NO3P/c1-26-27(25,20-15-9-4-10-16-20)21(17-18-11-5-2-6-12-18)23-22(24)19-13-7-3-8-14-19/h2-17H,1H3,(H,23,24)/b21-17+. The van der Waals surface area contributed by atoms with E-state index >= 15 is 0 Å². The predicted octanol–water partition coefficient (Wildman–Crippen LogP) is 4.67. The summed E-state index contributed by atoms with van der Waals surface area (Å²) in [6.07, 6.45) is 1.69. The second-order valence-corrected chi connectivity index (χ2v) is 8.30. The van der Waals surface area contributed by atoms with E-state index in [0.717, 1.165) is 5.56 Å². The predicted molar refractivity (Wildman–Crippen MR) is 109 cm³/mol. The third-order valence-electron chi connectivity index (χ3n) is 4.05. The van der Waals surface area contributed by atoms with Crippen LogP contribution in [0.2, 0.25) is 0 Å². The summed E-state index contributed by atoms with van der Waals surface area (Å²) < 4.78 is 19.2. The Morgan fingerprint density at radius 3 is 1.93 bits per heavy atom. The molecule has 0 spiro atoms. The molecule has 0 aromatic heterocycles. The molecule has 0 fully saturated rings. The van der Waals surface area contributed by atoms with Crippen LogP contribution in [0.5, 0.6) is 0 Å². The number of rotatable bonds is 6. The van der Waals surface area contributed by atoms with Crippen molar-refractivity contribution in [2.45, 2.75) is 0 Å². The van der Waals surface area contributed by atoms with Gasteiger partial charge in [-0.25, -0.2) is 0 Å². The van der Waals surface area contributed by atoms with Crippen LogP contribution in [0.15, 0.2) is 96.4 Å². The molecule has 3 aromatic rings.